The van der Waals surface area contributed by atoms with Crippen LogP contribution in [-0.4, -0.2) is 33.7 Å². The summed E-state index contributed by atoms with van der Waals surface area (Å²) < 4.78 is 5.94. The van der Waals surface area contributed by atoms with Crippen LogP contribution in [0, 0.1) is 6.92 Å². The molecule has 0 aliphatic heterocycles. The minimum Gasteiger partial charge on any atom is -0.457 e. The Kier molecular flexibility index (Phi) is 9.22. The Balaban J connectivity index is 1.27. The average Bonchev–Trinajstić information content (AvgIpc) is 3.66. The number of furan rings is 1. The van der Waals surface area contributed by atoms with E-state index < -0.39 is 11.8 Å². The molecule has 0 saturated carbocycles. The number of carbonyl (C=O) groups is 3. The molecule has 9 nitrogen and oxygen atoms in total. The molecule has 0 fully saturated rings. The van der Waals surface area contributed by atoms with E-state index in [1.165, 1.54) is 29.2 Å². The van der Waals surface area contributed by atoms with Gasteiger partial charge >= 0.3 is 0 Å². The summed E-state index contributed by atoms with van der Waals surface area (Å²) in [6.07, 6.45) is 1.49. The summed E-state index contributed by atoms with van der Waals surface area (Å²) in [5.41, 5.74) is 1.83. The summed E-state index contributed by atoms with van der Waals surface area (Å²) in [5, 5.41) is 17.3. The molecule has 42 heavy (non-hydrogen) atoms. The molecule has 0 bridgehead atoms. The summed E-state index contributed by atoms with van der Waals surface area (Å²) in [4.78, 5) is 39.3. The highest BCUT2D eigenvalue weighted by Crippen LogP contribution is 2.24. The van der Waals surface area contributed by atoms with Crippen molar-refractivity contribution >= 4 is 57.7 Å². The molecule has 3 N–H and O–H groups in total. The van der Waals surface area contributed by atoms with Gasteiger partial charge < -0.3 is 15.1 Å². The van der Waals surface area contributed by atoms with Crippen molar-refractivity contribution in [2.24, 2.45) is 0 Å². The van der Waals surface area contributed by atoms with E-state index in [2.05, 4.69) is 26.1 Å². The maximum atomic E-state index is 13.3. The fourth-order valence-corrected chi connectivity index (χ4v) is 5.06. The van der Waals surface area contributed by atoms with Gasteiger partial charge in [-0.05, 0) is 55.5 Å². The first-order chi connectivity index (χ1) is 20.4. The van der Waals surface area contributed by atoms with Gasteiger partial charge in [0.15, 0.2) is 0 Å². The third-order valence-corrected chi connectivity index (χ3v) is 7.52. The van der Waals surface area contributed by atoms with Crippen molar-refractivity contribution in [2.75, 3.05) is 16.4 Å². The minimum atomic E-state index is -0.524. The van der Waals surface area contributed by atoms with Crippen molar-refractivity contribution in [2.45, 2.75) is 11.8 Å². The number of hydrogen-bond donors (Lipinski definition) is 3. The summed E-state index contributed by atoms with van der Waals surface area (Å²) in [5.74, 6) is 0.0874. The van der Waals surface area contributed by atoms with E-state index in [1.807, 2.05) is 43.3 Å². The van der Waals surface area contributed by atoms with E-state index in [0.29, 0.717) is 27.9 Å². The van der Waals surface area contributed by atoms with Crippen molar-refractivity contribution in [3.63, 3.8) is 0 Å². The van der Waals surface area contributed by atoms with E-state index in [0.717, 1.165) is 15.5 Å². The lowest BCUT2D eigenvalue weighted by Crippen LogP contribution is -2.30. The molecule has 5 aromatic rings. The van der Waals surface area contributed by atoms with Crippen LogP contribution in [0.4, 0.5) is 10.8 Å². The van der Waals surface area contributed by atoms with Gasteiger partial charge in [-0.25, -0.2) is 0 Å². The van der Waals surface area contributed by atoms with Crippen molar-refractivity contribution in [1.29, 1.82) is 0 Å². The molecule has 210 valence electrons. The lowest BCUT2D eigenvalue weighted by atomic mass is 10.2. The molecule has 2 aromatic heterocycles. The standard InChI is InChI=1S/C31H25N5O4S2/c1-20-35-36-31(42-20)34-28(37)19-41-25-15-12-23(13-16-25)32-30(39)26(33-29(38)22-10-6-3-7-11-22)18-24-14-17-27(40-24)21-8-4-2-5-9-21/h2-18H,19H2,1H3,(H,32,39)(H,33,38)(H,34,36,37)/b26-18-. The van der Waals surface area contributed by atoms with Gasteiger partial charge in [0, 0.05) is 27.8 Å². The van der Waals surface area contributed by atoms with Gasteiger partial charge in [-0.2, -0.15) is 0 Å². The molecule has 0 radical (unpaired) electrons. The second-order valence-corrected chi connectivity index (χ2v) is 11.1. The summed E-state index contributed by atoms with van der Waals surface area (Å²) in [7, 11) is 0. The Morgan fingerprint density at radius 1 is 0.857 bits per heavy atom. The minimum absolute atomic E-state index is 0.0138. The van der Waals surface area contributed by atoms with Gasteiger partial charge in [0.1, 0.15) is 22.2 Å². The molecule has 0 aliphatic carbocycles. The quantitative estimate of drug-likeness (QED) is 0.129. The Morgan fingerprint density at radius 2 is 1.57 bits per heavy atom. The van der Waals surface area contributed by atoms with E-state index in [9.17, 15) is 14.4 Å². The summed E-state index contributed by atoms with van der Waals surface area (Å²) in [6.45, 7) is 1.82. The molecule has 3 aromatic carbocycles. The van der Waals surface area contributed by atoms with Crippen molar-refractivity contribution < 1.29 is 18.8 Å². The van der Waals surface area contributed by atoms with E-state index in [1.54, 1.807) is 60.7 Å². The molecule has 0 aliphatic rings. The number of aromatic nitrogens is 2. The normalized spacial score (nSPS) is 11.1. The highest BCUT2D eigenvalue weighted by atomic mass is 32.2. The van der Waals surface area contributed by atoms with Crippen molar-refractivity contribution in [3.05, 3.63) is 119 Å². The molecule has 0 spiro atoms. The number of benzene rings is 3. The maximum absolute atomic E-state index is 13.3. The second kappa shape index (κ2) is 13.6. The fourth-order valence-electron chi connectivity index (χ4n) is 3.76. The van der Waals surface area contributed by atoms with Crippen LogP contribution in [0.25, 0.3) is 17.4 Å². The molecule has 2 heterocycles. The number of carbonyl (C=O) groups excluding carboxylic acids is 3. The van der Waals surface area contributed by atoms with Gasteiger partial charge in [-0.1, -0.05) is 59.9 Å². The number of amides is 3. The number of nitrogens with one attached hydrogen (secondary N) is 3. The first-order valence-electron chi connectivity index (χ1n) is 12.8. The fraction of sp³-hybridized carbons (Fsp3) is 0.0645. The molecule has 11 heteroatoms. The maximum Gasteiger partial charge on any atom is 0.272 e. The molecule has 0 atom stereocenters. The third kappa shape index (κ3) is 7.80. The molecule has 0 saturated heterocycles. The molecule has 3 amide bonds. The zero-order valence-corrected chi connectivity index (χ0v) is 24.0. The molecule has 5 rings (SSSR count). The number of anilines is 2. The monoisotopic (exact) mass is 595 g/mol. The predicted octanol–water partition coefficient (Wildman–Crippen LogP) is 6.25. The van der Waals surface area contributed by atoms with Gasteiger partial charge in [0.2, 0.25) is 11.0 Å². The number of nitrogens with zero attached hydrogens (tertiary/aromatic N) is 2. The van der Waals surface area contributed by atoms with Gasteiger partial charge in [0.25, 0.3) is 11.8 Å². The van der Waals surface area contributed by atoms with E-state index in [4.69, 9.17) is 4.42 Å². The summed E-state index contributed by atoms with van der Waals surface area (Å²) >= 11 is 2.66. The SMILES string of the molecule is Cc1nnc(NC(=O)CSc2ccc(NC(=O)/C(=C/c3ccc(-c4ccccc4)o3)NC(=O)c3ccccc3)cc2)s1. The Bertz CT molecular complexity index is 1720. The zero-order valence-electron chi connectivity index (χ0n) is 22.4. The second-order valence-electron chi connectivity index (χ2n) is 8.89. The van der Waals surface area contributed by atoms with Crippen LogP contribution in [0.15, 0.2) is 112 Å². The lowest BCUT2D eigenvalue weighted by Gasteiger charge is -2.11. The molecular formula is C31H25N5O4S2. The van der Waals surface area contributed by atoms with Crippen LogP contribution in [0.2, 0.25) is 0 Å². The van der Waals surface area contributed by atoms with E-state index >= 15 is 0 Å². The smallest absolute Gasteiger partial charge is 0.272 e. The Morgan fingerprint density at radius 3 is 2.26 bits per heavy atom. The lowest BCUT2D eigenvalue weighted by molar-refractivity contribution is -0.114. The number of thioether (sulfide) groups is 1. The third-order valence-electron chi connectivity index (χ3n) is 5.75. The number of rotatable bonds is 10. The van der Waals surface area contributed by atoms with E-state index in [-0.39, 0.29) is 17.4 Å². The topological polar surface area (TPSA) is 126 Å². The first kappa shape index (κ1) is 28.5. The Hall–Kier alpha value is -5.00. The van der Waals surface area contributed by atoms with Crippen LogP contribution >= 0.6 is 23.1 Å². The highest BCUT2D eigenvalue weighted by molar-refractivity contribution is 8.00. The number of hydrogen-bond acceptors (Lipinski definition) is 8. The van der Waals surface area contributed by atoms with Crippen LogP contribution < -0.4 is 16.0 Å². The predicted molar refractivity (Wildman–Crippen MR) is 165 cm³/mol. The first-order valence-corrected chi connectivity index (χ1v) is 14.6. The zero-order chi connectivity index (χ0) is 29.3. The van der Waals surface area contributed by atoms with Crippen LogP contribution in [0.5, 0.6) is 0 Å². The van der Waals surface area contributed by atoms with Crippen molar-refractivity contribution in [3.8, 4) is 11.3 Å². The summed E-state index contributed by atoms with van der Waals surface area (Å²) in [6, 6.07) is 28.8. The Labute approximate surface area is 250 Å². The van der Waals surface area contributed by atoms with Crippen LogP contribution in [-0.2, 0) is 9.59 Å². The van der Waals surface area contributed by atoms with Crippen LogP contribution in [0.3, 0.4) is 0 Å². The largest absolute Gasteiger partial charge is 0.457 e. The van der Waals surface area contributed by atoms with Gasteiger partial charge in [0.05, 0.1) is 5.75 Å². The average molecular weight is 596 g/mol. The van der Waals surface area contributed by atoms with Crippen LogP contribution in [0.1, 0.15) is 21.1 Å². The molecule has 0 unspecified atom stereocenters. The van der Waals surface area contributed by atoms with Gasteiger partial charge in [-0.15, -0.1) is 22.0 Å². The van der Waals surface area contributed by atoms with Gasteiger partial charge in [-0.3, -0.25) is 19.7 Å². The molecular weight excluding hydrogens is 571 g/mol. The highest BCUT2D eigenvalue weighted by Gasteiger charge is 2.16. The van der Waals surface area contributed by atoms with Crippen molar-refractivity contribution in [1.82, 2.24) is 15.5 Å². The number of aryl methyl sites for hydroxylation is 1.